The van der Waals surface area contributed by atoms with E-state index in [1.54, 1.807) is 0 Å². The summed E-state index contributed by atoms with van der Waals surface area (Å²) in [5, 5.41) is 1.17. The predicted molar refractivity (Wildman–Crippen MR) is 90.3 cm³/mol. The molecule has 3 aromatic carbocycles. The van der Waals surface area contributed by atoms with E-state index in [2.05, 4.69) is 35.3 Å². The van der Waals surface area contributed by atoms with Gasteiger partial charge in [-0.15, -0.1) is 0 Å². The number of hydrogen-bond acceptors (Lipinski definition) is 1. The molecule has 2 heteroatoms. The van der Waals surface area contributed by atoms with E-state index in [0.29, 0.717) is 0 Å². The van der Waals surface area contributed by atoms with Gasteiger partial charge in [-0.2, -0.15) is 0 Å². The Morgan fingerprint density at radius 3 is 2.05 bits per heavy atom. The number of para-hydroxylation sites is 2. The number of rotatable bonds is 3. The SMILES string of the molecule is c1ccc(Oc2[nH]c3ccccc3c2-c2ccccc2)cc1. The lowest BCUT2D eigenvalue weighted by molar-refractivity contribution is 0.469. The van der Waals surface area contributed by atoms with Gasteiger partial charge in [0, 0.05) is 10.9 Å². The fourth-order valence-electron chi connectivity index (χ4n) is 2.69. The molecule has 4 rings (SSSR count). The lowest BCUT2D eigenvalue weighted by Gasteiger charge is -2.07. The maximum Gasteiger partial charge on any atom is 0.206 e. The van der Waals surface area contributed by atoms with Crippen molar-refractivity contribution in [2.24, 2.45) is 0 Å². The molecular formula is C20H15NO. The predicted octanol–water partition coefficient (Wildman–Crippen LogP) is 5.63. The van der Waals surface area contributed by atoms with Crippen molar-refractivity contribution in [2.75, 3.05) is 0 Å². The first-order valence-corrected chi connectivity index (χ1v) is 7.31. The molecule has 0 fully saturated rings. The highest BCUT2D eigenvalue weighted by Gasteiger charge is 2.14. The first-order valence-electron chi connectivity index (χ1n) is 7.31. The van der Waals surface area contributed by atoms with Gasteiger partial charge in [0.2, 0.25) is 5.88 Å². The average Bonchev–Trinajstić information content (AvgIpc) is 2.94. The van der Waals surface area contributed by atoms with Gasteiger partial charge >= 0.3 is 0 Å². The van der Waals surface area contributed by atoms with Crippen molar-refractivity contribution in [3.05, 3.63) is 84.9 Å². The van der Waals surface area contributed by atoms with Crippen LogP contribution in [0.3, 0.4) is 0 Å². The van der Waals surface area contributed by atoms with Gasteiger partial charge in [0.15, 0.2) is 0 Å². The zero-order valence-electron chi connectivity index (χ0n) is 12.0. The number of fused-ring (bicyclic) bond motifs is 1. The average molecular weight is 285 g/mol. The topological polar surface area (TPSA) is 25.0 Å². The molecular weight excluding hydrogens is 270 g/mol. The number of benzene rings is 3. The fraction of sp³-hybridized carbons (Fsp3) is 0. The molecule has 0 aliphatic carbocycles. The smallest absolute Gasteiger partial charge is 0.206 e. The van der Waals surface area contributed by atoms with Crippen LogP contribution in [0.15, 0.2) is 84.9 Å². The molecule has 0 spiro atoms. The molecule has 106 valence electrons. The summed E-state index contributed by atoms with van der Waals surface area (Å²) in [5.41, 5.74) is 3.32. The van der Waals surface area contributed by atoms with E-state index in [0.717, 1.165) is 28.3 Å². The maximum atomic E-state index is 6.09. The molecule has 0 atom stereocenters. The quantitative estimate of drug-likeness (QED) is 0.518. The summed E-state index contributed by atoms with van der Waals surface area (Å²) in [4.78, 5) is 3.39. The molecule has 0 aliphatic heterocycles. The molecule has 0 aliphatic rings. The van der Waals surface area contributed by atoms with E-state index >= 15 is 0 Å². The Hall–Kier alpha value is -3.00. The highest BCUT2D eigenvalue weighted by atomic mass is 16.5. The summed E-state index contributed by atoms with van der Waals surface area (Å²) in [6, 6.07) is 28.4. The Morgan fingerprint density at radius 2 is 1.27 bits per heavy atom. The number of nitrogens with one attached hydrogen (secondary N) is 1. The zero-order valence-corrected chi connectivity index (χ0v) is 12.0. The number of ether oxygens (including phenoxy) is 1. The monoisotopic (exact) mass is 285 g/mol. The van der Waals surface area contributed by atoms with Crippen molar-refractivity contribution >= 4 is 10.9 Å². The Morgan fingerprint density at radius 1 is 0.636 bits per heavy atom. The van der Waals surface area contributed by atoms with Crippen molar-refractivity contribution in [1.82, 2.24) is 4.98 Å². The van der Waals surface area contributed by atoms with Crippen molar-refractivity contribution in [3.8, 4) is 22.8 Å². The van der Waals surface area contributed by atoms with E-state index < -0.39 is 0 Å². The molecule has 1 N–H and O–H groups in total. The van der Waals surface area contributed by atoms with Crippen LogP contribution >= 0.6 is 0 Å². The molecule has 0 unspecified atom stereocenters. The molecule has 1 aromatic heterocycles. The minimum Gasteiger partial charge on any atom is -0.440 e. The summed E-state index contributed by atoms with van der Waals surface area (Å²) in [7, 11) is 0. The maximum absolute atomic E-state index is 6.09. The highest BCUT2D eigenvalue weighted by molar-refractivity contribution is 5.99. The lowest BCUT2D eigenvalue weighted by atomic mass is 10.0. The van der Waals surface area contributed by atoms with E-state index in [1.807, 2.05) is 54.6 Å². The minimum atomic E-state index is 0.776. The summed E-state index contributed by atoms with van der Waals surface area (Å²) in [5.74, 6) is 1.60. The zero-order chi connectivity index (χ0) is 14.8. The standard InChI is InChI=1S/C20H15NO/c1-3-9-15(10-4-1)19-17-13-7-8-14-18(17)21-20(19)22-16-11-5-2-6-12-16/h1-14,21H. The summed E-state index contributed by atoms with van der Waals surface area (Å²) in [6.45, 7) is 0. The molecule has 1 heterocycles. The lowest BCUT2D eigenvalue weighted by Crippen LogP contribution is -1.86. The van der Waals surface area contributed by atoms with Crippen LogP contribution in [0.2, 0.25) is 0 Å². The fourth-order valence-corrected chi connectivity index (χ4v) is 2.69. The molecule has 22 heavy (non-hydrogen) atoms. The van der Waals surface area contributed by atoms with E-state index in [9.17, 15) is 0 Å². The van der Waals surface area contributed by atoms with Crippen LogP contribution in [0.4, 0.5) is 0 Å². The van der Waals surface area contributed by atoms with Gasteiger partial charge in [0.25, 0.3) is 0 Å². The molecule has 0 bridgehead atoms. The van der Waals surface area contributed by atoms with Crippen molar-refractivity contribution in [2.45, 2.75) is 0 Å². The molecule has 0 saturated carbocycles. The van der Waals surface area contributed by atoms with E-state index in [1.165, 1.54) is 5.39 Å². The highest BCUT2D eigenvalue weighted by Crippen LogP contribution is 2.39. The Kier molecular flexibility index (Phi) is 3.13. The number of aromatic nitrogens is 1. The van der Waals surface area contributed by atoms with E-state index in [-0.39, 0.29) is 0 Å². The largest absolute Gasteiger partial charge is 0.440 e. The molecule has 0 radical (unpaired) electrons. The van der Waals surface area contributed by atoms with Crippen molar-refractivity contribution < 1.29 is 4.74 Å². The van der Waals surface area contributed by atoms with Gasteiger partial charge in [-0.05, 0) is 23.8 Å². The Balaban J connectivity index is 1.90. The normalized spacial score (nSPS) is 10.7. The van der Waals surface area contributed by atoms with Gasteiger partial charge in [-0.1, -0.05) is 66.7 Å². The van der Waals surface area contributed by atoms with Crippen molar-refractivity contribution in [1.29, 1.82) is 0 Å². The van der Waals surface area contributed by atoms with Crippen LogP contribution in [0, 0.1) is 0 Å². The second kappa shape index (κ2) is 5.41. The molecule has 4 aromatic rings. The summed E-state index contributed by atoms with van der Waals surface area (Å²) >= 11 is 0. The van der Waals surface area contributed by atoms with Gasteiger partial charge in [0.1, 0.15) is 5.75 Å². The molecule has 0 saturated heterocycles. The first kappa shape index (κ1) is 12.7. The third-order valence-corrected chi connectivity index (χ3v) is 3.70. The molecule has 2 nitrogen and oxygen atoms in total. The van der Waals surface area contributed by atoms with Gasteiger partial charge in [-0.3, -0.25) is 0 Å². The van der Waals surface area contributed by atoms with Crippen molar-refractivity contribution in [3.63, 3.8) is 0 Å². The van der Waals surface area contributed by atoms with Gasteiger partial charge < -0.3 is 9.72 Å². The Labute approximate surface area is 129 Å². The number of hydrogen-bond donors (Lipinski definition) is 1. The minimum absolute atomic E-state index is 0.776. The number of aromatic amines is 1. The third kappa shape index (κ3) is 2.25. The van der Waals surface area contributed by atoms with Crippen LogP contribution in [-0.4, -0.2) is 4.98 Å². The summed E-state index contributed by atoms with van der Waals surface area (Å²) in [6.07, 6.45) is 0. The van der Waals surface area contributed by atoms with Crippen LogP contribution in [0.25, 0.3) is 22.0 Å². The Bertz CT molecular complexity index is 895. The second-order valence-electron chi connectivity index (χ2n) is 5.16. The van der Waals surface area contributed by atoms with Crippen LogP contribution in [0.1, 0.15) is 0 Å². The third-order valence-electron chi connectivity index (χ3n) is 3.70. The first-order chi connectivity index (χ1) is 10.9. The van der Waals surface area contributed by atoms with E-state index in [4.69, 9.17) is 4.74 Å². The number of H-pyrrole nitrogens is 1. The van der Waals surface area contributed by atoms with Gasteiger partial charge in [-0.25, -0.2) is 0 Å². The van der Waals surface area contributed by atoms with Crippen LogP contribution < -0.4 is 4.74 Å². The van der Waals surface area contributed by atoms with Crippen LogP contribution in [-0.2, 0) is 0 Å². The van der Waals surface area contributed by atoms with Crippen LogP contribution in [0.5, 0.6) is 11.6 Å². The van der Waals surface area contributed by atoms with Gasteiger partial charge in [0.05, 0.1) is 5.56 Å². The second-order valence-corrected chi connectivity index (χ2v) is 5.16. The summed E-state index contributed by atoms with van der Waals surface area (Å²) < 4.78 is 6.09. The molecule has 0 amide bonds.